The highest BCUT2D eigenvalue weighted by Crippen LogP contribution is 2.20. The molecule has 4 aromatic rings. The summed E-state index contributed by atoms with van der Waals surface area (Å²) in [5.41, 5.74) is 6.45. The largest absolute Gasteiger partial charge is 0.328 e. The molecule has 0 aliphatic carbocycles. The number of aromatic nitrogens is 2. The van der Waals surface area contributed by atoms with E-state index in [1.807, 2.05) is 0 Å². The average Bonchev–Trinajstić information content (AvgIpc) is 3.05. The Bertz CT molecular complexity index is 1000. The maximum absolute atomic E-state index is 4.96. The van der Waals surface area contributed by atoms with E-state index in [0.717, 1.165) is 37.7 Å². The molecule has 0 saturated heterocycles. The van der Waals surface area contributed by atoms with Crippen LogP contribution in [0.3, 0.4) is 0 Å². The monoisotopic (exact) mass is 354 g/mol. The first-order chi connectivity index (χ1) is 13.3. The molecule has 0 bridgehead atoms. The van der Waals surface area contributed by atoms with Crippen molar-refractivity contribution in [1.29, 1.82) is 0 Å². The predicted molar refractivity (Wildman–Crippen MR) is 113 cm³/mol. The van der Waals surface area contributed by atoms with Gasteiger partial charge in [-0.15, -0.1) is 0 Å². The highest BCUT2D eigenvalue weighted by atomic mass is 15.1. The molecule has 1 aromatic heterocycles. The van der Waals surface area contributed by atoms with Crippen LogP contribution in [-0.2, 0) is 25.8 Å². The van der Waals surface area contributed by atoms with Gasteiger partial charge in [-0.3, -0.25) is 0 Å². The Hall–Kier alpha value is -2.87. The Morgan fingerprint density at radius 1 is 0.741 bits per heavy atom. The standard InChI is InChI=1S/C25H26N2/c1-20-14-16-23-24(19-20)27(18-8-13-21-9-4-2-5-10-21)25(26-23)17-15-22-11-6-3-7-12-22/h2-7,9-12,14,16,19H,8,13,15,17-18H2,1H3. The summed E-state index contributed by atoms with van der Waals surface area (Å²) >= 11 is 0. The van der Waals surface area contributed by atoms with Gasteiger partial charge in [0, 0.05) is 13.0 Å². The van der Waals surface area contributed by atoms with E-state index in [2.05, 4.69) is 90.4 Å². The smallest absolute Gasteiger partial charge is 0.110 e. The van der Waals surface area contributed by atoms with E-state index >= 15 is 0 Å². The molecule has 2 heteroatoms. The zero-order valence-corrected chi connectivity index (χ0v) is 15.9. The van der Waals surface area contributed by atoms with Crippen LogP contribution < -0.4 is 0 Å². The van der Waals surface area contributed by atoms with Crippen LogP contribution in [0, 0.1) is 6.92 Å². The highest BCUT2D eigenvalue weighted by molar-refractivity contribution is 5.76. The molecule has 0 aliphatic heterocycles. The topological polar surface area (TPSA) is 17.8 Å². The first kappa shape index (κ1) is 17.5. The van der Waals surface area contributed by atoms with E-state index in [-0.39, 0.29) is 0 Å². The second kappa shape index (κ2) is 8.22. The van der Waals surface area contributed by atoms with Gasteiger partial charge in [-0.2, -0.15) is 0 Å². The van der Waals surface area contributed by atoms with Crippen molar-refractivity contribution in [2.75, 3.05) is 0 Å². The van der Waals surface area contributed by atoms with Gasteiger partial charge in [0.05, 0.1) is 11.0 Å². The lowest BCUT2D eigenvalue weighted by molar-refractivity contribution is 0.622. The third-order valence-corrected chi connectivity index (χ3v) is 5.15. The van der Waals surface area contributed by atoms with Crippen LogP contribution in [0.5, 0.6) is 0 Å². The number of aryl methyl sites for hydroxylation is 5. The first-order valence-electron chi connectivity index (χ1n) is 9.83. The van der Waals surface area contributed by atoms with Gasteiger partial charge in [-0.25, -0.2) is 4.98 Å². The molecule has 1 heterocycles. The molecule has 2 nitrogen and oxygen atoms in total. The molecule has 0 N–H and O–H groups in total. The molecule has 0 unspecified atom stereocenters. The molecule has 0 amide bonds. The van der Waals surface area contributed by atoms with Crippen molar-refractivity contribution < 1.29 is 0 Å². The van der Waals surface area contributed by atoms with E-state index in [1.165, 1.54) is 28.0 Å². The number of rotatable bonds is 7. The van der Waals surface area contributed by atoms with Crippen molar-refractivity contribution >= 4 is 11.0 Å². The van der Waals surface area contributed by atoms with Crippen molar-refractivity contribution in [3.05, 3.63) is 101 Å². The number of hydrogen-bond donors (Lipinski definition) is 0. The van der Waals surface area contributed by atoms with Crippen LogP contribution in [0.2, 0.25) is 0 Å². The van der Waals surface area contributed by atoms with E-state index in [1.54, 1.807) is 0 Å². The Kier molecular flexibility index (Phi) is 5.34. The van der Waals surface area contributed by atoms with E-state index in [0.29, 0.717) is 0 Å². The molecule has 136 valence electrons. The molecular formula is C25H26N2. The predicted octanol–water partition coefficient (Wildman–Crippen LogP) is 5.76. The molecule has 0 aliphatic rings. The summed E-state index contributed by atoms with van der Waals surface area (Å²) in [4.78, 5) is 4.96. The van der Waals surface area contributed by atoms with Crippen molar-refractivity contribution in [3.8, 4) is 0 Å². The Labute approximate surface area is 161 Å². The Morgan fingerprint density at radius 3 is 2.11 bits per heavy atom. The first-order valence-corrected chi connectivity index (χ1v) is 9.83. The van der Waals surface area contributed by atoms with Crippen LogP contribution >= 0.6 is 0 Å². The zero-order chi connectivity index (χ0) is 18.5. The molecule has 0 atom stereocenters. The van der Waals surface area contributed by atoms with Crippen molar-refractivity contribution in [3.63, 3.8) is 0 Å². The molecule has 0 radical (unpaired) electrons. The molecule has 0 fully saturated rings. The third kappa shape index (κ3) is 4.28. The van der Waals surface area contributed by atoms with Gasteiger partial charge >= 0.3 is 0 Å². The lowest BCUT2D eigenvalue weighted by atomic mass is 10.1. The fourth-order valence-electron chi connectivity index (χ4n) is 3.71. The maximum atomic E-state index is 4.96. The van der Waals surface area contributed by atoms with Gasteiger partial charge in [-0.1, -0.05) is 66.7 Å². The fraction of sp³-hybridized carbons (Fsp3) is 0.240. The maximum Gasteiger partial charge on any atom is 0.110 e. The molecule has 0 spiro atoms. The van der Waals surface area contributed by atoms with Crippen LogP contribution in [0.4, 0.5) is 0 Å². The summed E-state index contributed by atoms with van der Waals surface area (Å²) < 4.78 is 2.44. The highest BCUT2D eigenvalue weighted by Gasteiger charge is 2.11. The summed E-state index contributed by atoms with van der Waals surface area (Å²) in [7, 11) is 0. The minimum Gasteiger partial charge on any atom is -0.328 e. The normalized spacial score (nSPS) is 11.1. The van der Waals surface area contributed by atoms with Crippen LogP contribution in [0.25, 0.3) is 11.0 Å². The van der Waals surface area contributed by atoms with Gasteiger partial charge in [0.2, 0.25) is 0 Å². The quantitative estimate of drug-likeness (QED) is 0.412. The zero-order valence-electron chi connectivity index (χ0n) is 15.9. The Morgan fingerprint density at radius 2 is 1.41 bits per heavy atom. The number of imidazole rings is 1. The fourth-order valence-corrected chi connectivity index (χ4v) is 3.71. The molecule has 27 heavy (non-hydrogen) atoms. The van der Waals surface area contributed by atoms with E-state index in [4.69, 9.17) is 4.98 Å². The Balaban J connectivity index is 1.55. The molecular weight excluding hydrogens is 328 g/mol. The molecule has 4 rings (SSSR count). The SMILES string of the molecule is Cc1ccc2nc(CCc3ccccc3)n(CCCc3ccccc3)c2c1. The molecule has 3 aromatic carbocycles. The van der Waals surface area contributed by atoms with Gasteiger partial charge in [0.15, 0.2) is 0 Å². The van der Waals surface area contributed by atoms with Crippen LogP contribution in [0.15, 0.2) is 78.9 Å². The van der Waals surface area contributed by atoms with Crippen LogP contribution in [-0.4, -0.2) is 9.55 Å². The second-order valence-corrected chi connectivity index (χ2v) is 7.25. The van der Waals surface area contributed by atoms with Crippen molar-refractivity contribution in [2.24, 2.45) is 0 Å². The third-order valence-electron chi connectivity index (χ3n) is 5.15. The van der Waals surface area contributed by atoms with Crippen molar-refractivity contribution in [2.45, 2.75) is 39.2 Å². The summed E-state index contributed by atoms with van der Waals surface area (Å²) in [5.74, 6) is 1.20. The second-order valence-electron chi connectivity index (χ2n) is 7.25. The summed E-state index contributed by atoms with van der Waals surface area (Å²) in [6, 6.07) is 28.0. The summed E-state index contributed by atoms with van der Waals surface area (Å²) in [5, 5.41) is 0. The lowest BCUT2D eigenvalue weighted by Crippen LogP contribution is -2.06. The lowest BCUT2D eigenvalue weighted by Gasteiger charge is -2.10. The van der Waals surface area contributed by atoms with E-state index < -0.39 is 0 Å². The summed E-state index contributed by atoms with van der Waals surface area (Å²) in [6.07, 6.45) is 4.23. The summed E-state index contributed by atoms with van der Waals surface area (Å²) in [6.45, 7) is 3.17. The van der Waals surface area contributed by atoms with Gasteiger partial charge in [0.1, 0.15) is 5.82 Å². The molecule has 0 saturated carbocycles. The van der Waals surface area contributed by atoms with Gasteiger partial charge < -0.3 is 4.57 Å². The van der Waals surface area contributed by atoms with Crippen molar-refractivity contribution in [1.82, 2.24) is 9.55 Å². The minimum atomic E-state index is 0.975. The minimum absolute atomic E-state index is 0.975. The average molecular weight is 354 g/mol. The van der Waals surface area contributed by atoms with Gasteiger partial charge in [-0.05, 0) is 55.0 Å². The van der Waals surface area contributed by atoms with E-state index in [9.17, 15) is 0 Å². The number of fused-ring (bicyclic) bond motifs is 1. The van der Waals surface area contributed by atoms with Gasteiger partial charge in [0.25, 0.3) is 0 Å². The number of hydrogen-bond acceptors (Lipinski definition) is 1. The number of benzene rings is 3. The number of nitrogens with zero attached hydrogens (tertiary/aromatic N) is 2. The van der Waals surface area contributed by atoms with Crippen LogP contribution in [0.1, 0.15) is 28.9 Å².